The van der Waals surface area contributed by atoms with E-state index < -0.39 is 23.3 Å². The second-order valence-corrected chi connectivity index (χ2v) is 4.63. The molecule has 6 nitrogen and oxygen atoms in total. The molecule has 6 heteroatoms. The van der Waals surface area contributed by atoms with Gasteiger partial charge in [0.25, 0.3) is 0 Å². The third kappa shape index (κ3) is 1.66. The van der Waals surface area contributed by atoms with Gasteiger partial charge in [0.15, 0.2) is 0 Å². The van der Waals surface area contributed by atoms with E-state index in [4.69, 9.17) is 0 Å². The summed E-state index contributed by atoms with van der Waals surface area (Å²) >= 11 is 0. The monoisotopic (exact) mass is 247 g/mol. The lowest BCUT2D eigenvalue weighted by Gasteiger charge is -2.34. The van der Waals surface area contributed by atoms with E-state index in [1.807, 2.05) is 0 Å². The highest BCUT2D eigenvalue weighted by atomic mass is 16.2. The zero-order valence-electron chi connectivity index (χ0n) is 10.4. The Labute approximate surface area is 104 Å². The lowest BCUT2D eigenvalue weighted by atomic mass is 9.88. The molecule has 0 bridgehead atoms. The summed E-state index contributed by atoms with van der Waals surface area (Å²) in [6.45, 7) is 4.66. The number of carbonyl (C=O) groups is 3. The second kappa shape index (κ2) is 3.90. The largest absolute Gasteiger partial charge is 0.335 e. The number of anilines is 1. The Hall–Kier alpha value is -2.24. The number of nitrogens with zero attached hydrogens (tertiary/aromatic N) is 2. The number of aryl methyl sites for hydroxylation is 1. The van der Waals surface area contributed by atoms with Gasteiger partial charge in [0.05, 0.1) is 11.4 Å². The molecule has 2 rings (SSSR count). The third-order valence-corrected chi connectivity index (χ3v) is 2.95. The predicted octanol–water partition coefficient (Wildman–Crippen LogP) is 0.999. The van der Waals surface area contributed by atoms with Gasteiger partial charge in [0, 0.05) is 6.20 Å². The van der Waals surface area contributed by atoms with Gasteiger partial charge in [-0.1, -0.05) is 0 Å². The van der Waals surface area contributed by atoms with Crippen molar-refractivity contribution in [1.29, 1.82) is 0 Å². The van der Waals surface area contributed by atoms with Gasteiger partial charge in [-0.15, -0.1) is 0 Å². The first-order valence-corrected chi connectivity index (χ1v) is 5.47. The summed E-state index contributed by atoms with van der Waals surface area (Å²) in [7, 11) is 0. The van der Waals surface area contributed by atoms with Crippen LogP contribution in [0.1, 0.15) is 19.5 Å². The first kappa shape index (κ1) is 12.2. The minimum atomic E-state index is -1.27. The maximum absolute atomic E-state index is 12.2. The van der Waals surface area contributed by atoms with Crippen molar-refractivity contribution in [2.75, 3.05) is 4.90 Å². The molecule has 0 aromatic carbocycles. The molecule has 94 valence electrons. The van der Waals surface area contributed by atoms with Crippen LogP contribution in [0, 0.1) is 12.3 Å². The molecule has 0 spiro atoms. The van der Waals surface area contributed by atoms with E-state index in [1.54, 1.807) is 25.3 Å². The van der Waals surface area contributed by atoms with Crippen molar-refractivity contribution in [3.63, 3.8) is 0 Å². The molecule has 0 aliphatic carbocycles. The maximum atomic E-state index is 12.2. The molecule has 1 fully saturated rings. The third-order valence-electron chi connectivity index (χ3n) is 2.95. The number of carbonyl (C=O) groups excluding carboxylic acids is 3. The van der Waals surface area contributed by atoms with Crippen molar-refractivity contribution < 1.29 is 14.4 Å². The van der Waals surface area contributed by atoms with Gasteiger partial charge in [-0.3, -0.25) is 19.9 Å². The fourth-order valence-corrected chi connectivity index (χ4v) is 1.71. The number of nitrogens with one attached hydrogen (secondary N) is 1. The van der Waals surface area contributed by atoms with Crippen molar-refractivity contribution in [3.05, 3.63) is 24.0 Å². The number of pyridine rings is 1. The zero-order valence-corrected chi connectivity index (χ0v) is 10.4. The zero-order chi connectivity index (χ0) is 13.5. The van der Waals surface area contributed by atoms with Crippen LogP contribution in [-0.4, -0.2) is 22.8 Å². The lowest BCUT2D eigenvalue weighted by molar-refractivity contribution is -0.140. The average molecular weight is 247 g/mol. The van der Waals surface area contributed by atoms with Gasteiger partial charge in [-0.2, -0.15) is 0 Å². The Kier molecular flexibility index (Phi) is 2.65. The predicted molar refractivity (Wildman–Crippen MR) is 63.8 cm³/mol. The Morgan fingerprint density at radius 1 is 1.28 bits per heavy atom. The van der Waals surface area contributed by atoms with E-state index in [0.29, 0.717) is 11.4 Å². The van der Waals surface area contributed by atoms with Crippen molar-refractivity contribution >= 4 is 23.5 Å². The number of amides is 4. The molecular formula is C12H13N3O3. The van der Waals surface area contributed by atoms with E-state index >= 15 is 0 Å². The van der Waals surface area contributed by atoms with Crippen LogP contribution >= 0.6 is 0 Å². The molecule has 0 radical (unpaired) electrons. The molecular weight excluding hydrogens is 234 g/mol. The summed E-state index contributed by atoms with van der Waals surface area (Å²) in [6.07, 6.45) is 1.57. The summed E-state index contributed by atoms with van der Waals surface area (Å²) in [4.78, 5) is 40.6. The van der Waals surface area contributed by atoms with Crippen molar-refractivity contribution in [2.24, 2.45) is 5.41 Å². The van der Waals surface area contributed by atoms with Crippen LogP contribution in [0.25, 0.3) is 0 Å². The van der Waals surface area contributed by atoms with Gasteiger partial charge in [-0.25, -0.2) is 9.69 Å². The van der Waals surface area contributed by atoms with Crippen LogP contribution in [0.15, 0.2) is 18.3 Å². The number of urea groups is 1. The van der Waals surface area contributed by atoms with Crippen molar-refractivity contribution in [2.45, 2.75) is 20.8 Å². The molecule has 0 saturated carbocycles. The summed E-state index contributed by atoms with van der Waals surface area (Å²) in [5.74, 6) is -1.14. The van der Waals surface area contributed by atoms with E-state index in [9.17, 15) is 14.4 Å². The van der Waals surface area contributed by atoms with Crippen LogP contribution in [0.2, 0.25) is 0 Å². The van der Waals surface area contributed by atoms with Crippen LogP contribution < -0.4 is 10.2 Å². The lowest BCUT2D eigenvalue weighted by Crippen LogP contribution is -2.62. The molecule has 1 N–H and O–H groups in total. The normalized spacial score (nSPS) is 18.8. The summed E-state index contributed by atoms with van der Waals surface area (Å²) in [5.41, 5.74) is -0.331. The summed E-state index contributed by atoms with van der Waals surface area (Å²) < 4.78 is 0. The second-order valence-electron chi connectivity index (χ2n) is 4.63. The highest BCUT2D eigenvalue weighted by Crippen LogP contribution is 2.28. The summed E-state index contributed by atoms with van der Waals surface area (Å²) in [5, 5.41) is 2.18. The fraction of sp³-hybridized carbons (Fsp3) is 0.333. The molecule has 1 aromatic rings. The van der Waals surface area contributed by atoms with E-state index in [0.717, 1.165) is 4.90 Å². The van der Waals surface area contributed by atoms with Crippen LogP contribution in [0.5, 0.6) is 0 Å². The molecule has 1 saturated heterocycles. The number of rotatable bonds is 1. The van der Waals surface area contributed by atoms with Crippen LogP contribution in [-0.2, 0) is 9.59 Å². The molecule has 1 aliphatic rings. The van der Waals surface area contributed by atoms with Crippen LogP contribution in [0.3, 0.4) is 0 Å². The van der Waals surface area contributed by atoms with Gasteiger partial charge in [-0.05, 0) is 32.9 Å². The molecule has 18 heavy (non-hydrogen) atoms. The quantitative estimate of drug-likeness (QED) is 0.751. The Morgan fingerprint density at radius 2 is 1.94 bits per heavy atom. The highest BCUT2D eigenvalue weighted by molar-refractivity contribution is 6.29. The first-order valence-electron chi connectivity index (χ1n) is 5.47. The number of imide groups is 2. The Balaban J connectivity index is 2.51. The molecule has 1 aliphatic heterocycles. The minimum absolute atomic E-state index is 0.389. The van der Waals surface area contributed by atoms with Gasteiger partial charge in [0.2, 0.25) is 11.8 Å². The van der Waals surface area contributed by atoms with E-state index in [-0.39, 0.29) is 0 Å². The Morgan fingerprint density at radius 3 is 2.56 bits per heavy atom. The maximum Gasteiger partial charge on any atom is 0.335 e. The molecule has 0 unspecified atom stereocenters. The fourth-order valence-electron chi connectivity index (χ4n) is 1.71. The van der Waals surface area contributed by atoms with Crippen molar-refractivity contribution in [3.8, 4) is 0 Å². The smallest absolute Gasteiger partial charge is 0.276 e. The van der Waals surface area contributed by atoms with Gasteiger partial charge >= 0.3 is 6.03 Å². The molecule has 1 aromatic heterocycles. The number of aromatic nitrogens is 1. The number of hydrogen-bond donors (Lipinski definition) is 1. The summed E-state index contributed by atoms with van der Waals surface area (Å²) in [6, 6.07) is 2.51. The number of barbiturate groups is 1. The van der Waals surface area contributed by atoms with Gasteiger partial charge in [0.1, 0.15) is 5.41 Å². The number of hydrogen-bond acceptors (Lipinski definition) is 4. The van der Waals surface area contributed by atoms with Crippen molar-refractivity contribution in [1.82, 2.24) is 10.3 Å². The van der Waals surface area contributed by atoms with Gasteiger partial charge < -0.3 is 0 Å². The highest BCUT2D eigenvalue weighted by Gasteiger charge is 2.47. The Bertz CT molecular complexity index is 551. The standard InChI is InChI=1S/C12H13N3O3/c1-7-8(5-4-6-13-7)15-10(17)12(2,3)9(16)14-11(15)18/h4-6H,1-3H3,(H,14,16,18). The first-order chi connectivity index (χ1) is 8.35. The van der Waals surface area contributed by atoms with Crippen LogP contribution in [0.4, 0.5) is 10.5 Å². The van der Waals surface area contributed by atoms with E-state index in [1.165, 1.54) is 13.8 Å². The molecule has 0 atom stereocenters. The van der Waals surface area contributed by atoms with E-state index in [2.05, 4.69) is 10.3 Å². The minimum Gasteiger partial charge on any atom is -0.276 e. The molecule has 4 amide bonds. The SMILES string of the molecule is Cc1ncccc1N1C(=O)NC(=O)C(C)(C)C1=O. The average Bonchev–Trinajstić information content (AvgIpc) is 2.30. The molecule has 2 heterocycles. The topological polar surface area (TPSA) is 79.4 Å².